The van der Waals surface area contributed by atoms with Crippen molar-refractivity contribution in [2.45, 2.75) is 26.7 Å². The maximum Gasteiger partial charge on any atom is 0.146 e. The summed E-state index contributed by atoms with van der Waals surface area (Å²) < 4.78 is 19.0. The summed E-state index contributed by atoms with van der Waals surface area (Å²) in [6.45, 7) is 5.74. The van der Waals surface area contributed by atoms with E-state index < -0.39 is 5.82 Å². The summed E-state index contributed by atoms with van der Waals surface area (Å²) in [7, 11) is 1.53. The lowest BCUT2D eigenvalue weighted by Crippen LogP contribution is -2.08. The fourth-order valence-corrected chi connectivity index (χ4v) is 1.79. The highest BCUT2D eigenvalue weighted by molar-refractivity contribution is 5.65. The van der Waals surface area contributed by atoms with Gasteiger partial charge in [0.1, 0.15) is 29.0 Å². The molecule has 0 aliphatic carbocycles. The first-order valence-electron chi connectivity index (χ1n) is 6.67. The van der Waals surface area contributed by atoms with E-state index in [1.807, 2.05) is 13.8 Å². The van der Waals surface area contributed by atoms with Crippen LogP contribution in [0.5, 0.6) is 5.75 Å². The molecule has 1 aromatic carbocycles. The molecule has 0 saturated carbocycles. The molecule has 0 spiro atoms. The van der Waals surface area contributed by atoms with Gasteiger partial charge >= 0.3 is 0 Å². The molecule has 1 heterocycles. The fourth-order valence-electron chi connectivity index (χ4n) is 1.79. The lowest BCUT2D eigenvalue weighted by Gasteiger charge is -2.14. The Kier molecular flexibility index (Phi) is 4.26. The third kappa shape index (κ3) is 3.21. The molecule has 112 valence electrons. The third-order valence-corrected chi connectivity index (χ3v) is 3.14. The molecule has 0 unspecified atom stereocenters. The van der Waals surface area contributed by atoms with Crippen molar-refractivity contribution in [2.24, 2.45) is 0 Å². The summed E-state index contributed by atoms with van der Waals surface area (Å²) in [5, 5.41) is 2.97. The number of nitrogens with one attached hydrogen (secondary N) is 1. The van der Waals surface area contributed by atoms with Crippen LogP contribution in [0.25, 0.3) is 0 Å². The first-order chi connectivity index (χ1) is 9.92. The van der Waals surface area contributed by atoms with Gasteiger partial charge in [0.2, 0.25) is 0 Å². The van der Waals surface area contributed by atoms with E-state index in [1.54, 1.807) is 19.1 Å². The second-order valence-corrected chi connectivity index (χ2v) is 5.07. The van der Waals surface area contributed by atoms with Gasteiger partial charge in [-0.15, -0.1) is 0 Å². The Morgan fingerprint density at radius 3 is 2.62 bits per heavy atom. The molecule has 0 saturated heterocycles. The normalized spacial score (nSPS) is 10.8. The summed E-state index contributed by atoms with van der Waals surface area (Å²) >= 11 is 0. The minimum atomic E-state index is -0.390. The van der Waals surface area contributed by atoms with E-state index >= 15 is 0 Å². The highest BCUT2D eigenvalue weighted by Gasteiger charge is 2.13. The summed E-state index contributed by atoms with van der Waals surface area (Å²) in [5.74, 6) is 1.80. The minimum absolute atomic E-state index is 0.128. The molecule has 0 atom stereocenters. The van der Waals surface area contributed by atoms with Gasteiger partial charge in [-0.1, -0.05) is 13.8 Å². The predicted molar refractivity (Wildman–Crippen MR) is 81.5 cm³/mol. The van der Waals surface area contributed by atoms with Gasteiger partial charge in [-0.25, -0.2) is 14.4 Å². The zero-order valence-corrected chi connectivity index (χ0v) is 12.6. The van der Waals surface area contributed by atoms with Crippen LogP contribution < -0.4 is 15.8 Å². The molecule has 3 N–H and O–H groups in total. The molecular weight excluding hydrogens is 271 g/mol. The number of aromatic nitrogens is 2. The summed E-state index contributed by atoms with van der Waals surface area (Å²) in [5.41, 5.74) is 6.86. The number of rotatable bonds is 4. The summed E-state index contributed by atoms with van der Waals surface area (Å²) in [4.78, 5) is 8.65. The molecule has 0 radical (unpaired) electrons. The quantitative estimate of drug-likeness (QED) is 0.903. The number of hydrogen-bond donors (Lipinski definition) is 2. The molecule has 0 aliphatic heterocycles. The van der Waals surface area contributed by atoms with Gasteiger partial charge in [0.25, 0.3) is 0 Å². The second-order valence-electron chi connectivity index (χ2n) is 5.07. The van der Waals surface area contributed by atoms with Crippen LogP contribution in [0, 0.1) is 12.7 Å². The topological polar surface area (TPSA) is 73.1 Å². The molecule has 0 bridgehead atoms. The van der Waals surface area contributed by atoms with E-state index in [-0.39, 0.29) is 11.6 Å². The van der Waals surface area contributed by atoms with Crippen molar-refractivity contribution >= 4 is 17.3 Å². The largest absolute Gasteiger partial charge is 0.497 e. The van der Waals surface area contributed by atoms with Crippen LogP contribution in [-0.4, -0.2) is 17.1 Å². The van der Waals surface area contributed by atoms with Crippen molar-refractivity contribution in [1.82, 2.24) is 9.97 Å². The Morgan fingerprint density at radius 1 is 1.29 bits per heavy atom. The predicted octanol–water partition coefficient (Wildman–Crippen LogP) is 3.38. The van der Waals surface area contributed by atoms with Crippen LogP contribution >= 0.6 is 0 Å². The average molecular weight is 290 g/mol. The van der Waals surface area contributed by atoms with Gasteiger partial charge in [0.15, 0.2) is 0 Å². The van der Waals surface area contributed by atoms with Crippen LogP contribution in [0.3, 0.4) is 0 Å². The van der Waals surface area contributed by atoms with Crippen molar-refractivity contribution in [3.05, 3.63) is 35.4 Å². The number of benzene rings is 1. The lowest BCUT2D eigenvalue weighted by molar-refractivity contribution is 0.414. The SMILES string of the molecule is COc1ccc(F)c(Nc2nc(C(C)C)nc(N)c2C)c1. The summed E-state index contributed by atoms with van der Waals surface area (Å²) in [6, 6.07) is 4.47. The Morgan fingerprint density at radius 2 is 2.00 bits per heavy atom. The minimum Gasteiger partial charge on any atom is -0.497 e. The van der Waals surface area contributed by atoms with Crippen LogP contribution in [0.4, 0.5) is 21.7 Å². The van der Waals surface area contributed by atoms with E-state index in [0.717, 1.165) is 0 Å². The maximum absolute atomic E-state index is 13.9. The van der Waals surface area contributed by atoms with Crippen LogP contribution in [0.15, 0.2) is 18.2 Å². The van der Waals surface area contributed by atoms with Crippen LogP contribution in [0.1, 0.15) is 31.2 Å². The molecule has 0 aliphatic rings. The van der Waals surface area contributed by atoms with Gasteiger partial charge in [-0.05, 0) is 19.1 Å². The standard InChI is InChI=1S/C15H19FN4O/c1-8(2)14-19-13(17)9(3)15(20-14)18-12-7-10(21-4)5-6-11(12)16/h5-8H,1-4H3,(H3,17,18,19,20). The summed E-state index contributed by atoms with van der Waals surface area (Å²) in [6.07, 6.45) is 0. The Labute approximate surface area is 123 Å². The Balaban J connectivity index is 2.43. The van der Waals surface area contributed by atoms with Crippen molar-refractivity contribution in [3.8, 4) is 5.75 Å². The Bertz CT molecular complexity index is 658. The molecule has 0 amide bonds. The fraction of sp³-hybridized carbons (Fsp3) is 0.333. The number of ether oxygens (including phenoxy) is 1. The smallest absolute Gasteiger partial charge is 0.146 e. The Hall–Kier alpha value is -2.37. The molecule has 0 fully saturated rings. The number of nitrogens with two attached hydrogens (primary N) is 1. The van der Waals surface area contributed by atoms with Crippen LogP contribution in [-0.2, 0) is 0 Å². The average Bonchev–Trinajstić information content (AvgIpc) is 2.45. The molecule has 5 nitrogen and oxygen atoms in total. The molecule has 2 aromatic rings. The molecule has 6 heteroatoms. The highest BCUT2D eigenvalue weighted by atomic mass is 19.1. The zero-order chi connectivity index (χ0) is 15.6. The number of methoxy groups -OCH3 is 1. The van der Waals surface area contributed by atoms with Crippen molar-refractivity contribution in [3.63, 3.8) is 0 Å². The lowest BCUT2D eigenvalue weighted by atomic mass is 10.2. The zero-order valence-electron chi connectivity index (χ0n) is 12.6. The van der Waals surface area contributed by atoms with E-state index in [1.165, 1.54) is 13.2 Å². The van der Waals surface area contributed by atoms with Crippen molar-refractivity contribution in [2.75, 3.05) is 18.2 Å². The van der Waals surface area contributed by atoms with Crippen molar-refractivity contribution < 1.29 is 9.13 Å². The maximum atomic E-state index is 13.9. The van der Waals surface area contributed by atoms with Gasteiger partial charge in [-0.2, -0.15) is 0 Å². The van der Waals surface area contributed by atoms with E-state index in [2.05, 4.69) is 15.3 Å². The number of hydrogen-bond acceptors (Lipinski definition) is 5. The van der Waals surface area contributed by atoms with Gasteiger partial charge in [-0.3, -0.25) is 0 Å². The van der Waals surface area contributed by atoms with Gasteiger partial charge < -0.3 is 15.8 Å². The monoisotopic (exact) mass is 290 g/mol. The number of nitrogens with zero attached hydrogens (tertiary/aromatic N) is 2. The van der Waals surface area contributed by atoms with E-state index in [9.17, 15) is 4.39 Å². The third-order valence-electron chi connectivity index (χ3n) is 3.14. The first kappa shape index (κ1) is 15.0. The second kappa shape index (κ2) is 5.95. The number of nitrogen functional groups attached to an aromatic ring is 1. The van der Waals surface area contributed by atoms with Crippen LogP contribution in [0.2, 0.25) is 0 Å². The molecule has 2 rings (SSSR count). The number of halogens is 1. The first-order valence-corrected chi connectivity index (χ1v) is 6.67. The van der Waals surface area contributed by atoms with Gasteiger partial charge in [0, 0.05) is 17.5 Å². The van der Waals surface area contributed by atoms with Crippen molar-refractivity contribution in [1.29, 1.82) is 0 Å². The molecular formula is C15H19FN4O. The number of anilines is 3. The highest BCUT2D eigenvalue weighted by Crippen LogP contribution is 2.27. The molecule has 21 heavy (non-hydrogen) atoms. The van der Waals surface area contributed by atoms with Gasteiger partial charge in [0.05, 0.1) is 12.8 Å². The van der Waals surface area contributed by atoms with E-state index in [0.29, 0.717) is 28.8 Å². The molecule has 1 aromatic heterocycles. The van der Waals surface area contributed by atoms with E-state index in [4.69, 9.17) is 10.5 Å².